The lowest BCUT2D eigenvalue weighted by atomic mass is 10.1. The van der Waals surface area contributed by atoms with Gasteiger partial charge in [0.2, 0.25) is 0 Å². The van der Waals surface area contributed by atoms with Gasteiger partial charge in [-0.25, -0.2) is 0 Å². The average Bonchev–Trinajstić information content (AvgIpc) is 2.05. The number of hydrogen-bond donors (Lipinski definition) is 3. The zero-order chi connectivity index (χ0) is 8.27. The third kappa shape index (κ3) is 1.69. The van der Waals surface area contributed by atoms with Crippen LogP contribution < -0.4 is 11.5 Å². The van der Waals surface area contributed by atoms with Crippen LogP contribution in [0.3, 0.4) is 0 Å². The summed E-state index contributed by atoms with van der Waals surface area (Å²) in [5, 5.41) is 9.21. The van der Waals surface area contributed by atoms with Crippen molar-refractivity contribution in [3.05, 3.63) is 29.3 Å². The molecule has 0 heterocycles. The molecule has 3 heteroatoms. The molecule has 0 amide bonds. The number of benzene rings is 1. The van der Waals surface area contributed by atoms with E-state index in [-0.39, 0.29) is 5.75 Å². The Morgan fingerprint density at radius 3 is 2.45 bits per heavy atom. The van der Waals surface area contributed by atoms with Crippen LogP contribution in [0.5, 0.6) is 5.75 Å². The van der Waals surface area contributed by atoms with Crippen molar-refractivity contribution in [3.63, 3.8) is 0 Å². The number of phenols is 1. The number of phenolic OH excluding ortho intramolecular Hbond substituents is 1. The van der Waals surface area contributed by atoms with E-state index in [4.69, 9.17) is 11.5 Å². The third-order valence-electron chi connectivity index (χ3n) is 1.60. The maximum atomic E-state index is 9.21. The Morgan fingerprint density at radius 2 is 1.91 bits per heavy atom. The third-order valence-corrected chi connectivity index (χ3v) is 1.60. The van der Waals surface area contributed by atoms with Crippen molar-refractivity contribution in [1.29, 1.82) is 0 Å². The van der Waals surface area contributed by atoms with E-state index in [0.717, 1.165) is 11.1 Å². The predicted molar refractivity (Wildman–Crippen MR) is 43.9 cm³/mol. The van der Waals surface area contributed by atoms with Crippen LogP contribution in [0.1, 0.15) is 11.1 Å². The molecular formula is C8H12N2O. The van der Waals surface area contributed by atoms with E-state index in [9.17, 15) is 5.11 Å². The van der Waals surface area contributed by atoms with Gasteiger partial charge in [-0.1, -0.05) is 6.07 Å². The molecule has 0 unspecified atom stereocenters. The molecule has 1 rings (SSSR count). The second-order valence-corrected chi connectivity index (χ2v) is 2.37. The molecule has 1 aromatic rings. The molecule has 3 nitrogen and oxygen atoms in total. The predicted octanol–water partition coefficient (Wildman–Crippen LogP) is 0.310. The van der Waals surface area contributed by atoms with E-state index in [1.165, 1.54) is 0 Å². The molecular weight excluding hydrogens is 140 g/mol. The minimum absolute atomic E-state index is 0.240. The summed E-state index contributed by atoms with van der Waals surface area (Å²) in [6.45, 7) is 0.826. The first-order valence-electron chi connectivity index (χ1n) is 3.49. The smallest absolute Gasteiger partial charge is 0.120 e. The van der Waals surface area contributed by atoms with E-state index in [0.29, 0.717) is 13.1 Å². The first-order chi connectivity index (χ1) is 5.27. The van der Waals surface area contributed by atoms with Crippen molar-refractivity contribution >= 4 is 0 Å². The highest BCUT2D eigenvalue weighted by Crippen LogP contribution is 2.17. The average molecular weight is 152 g/mol. The molecule has 0 aromatic heterocycles. The van der Waals surface area contributed by atoms with Gasteiger partial charge in [0.25, 0.3) is 0 Å². The van der Waals surface area contributed by atoms with E-state index >= 15 is 0 Å². The Labute approximate surface area is 65.6 Å². The summed E-state index contributed by atoms with van der Waals surface area (Å²) in [6.07, 6.45) is 0. The lowest BCUT2D eigenvalue weighted by molar-refractivity contribution is 0.468. The van der Waals surface area contributed by atoms with Crippen LogP contribution in [0.4, 0.5) is 0 Å². The number of rotatable bonds is 2. The van der Waals surface area contributed by atoms with Gasteiger partial charge in [-0.3, -0.25) is 0 Å². The van der Waals surface area contributed by atoms with Gasteiger partial charge in [0.15, 0.2) is 0 Å². The highest BCUT2D eigenvalue weighted by Gasteiger charge is 1.98. The second kappa shape index (κ2) is 3.37. The second-order valence-electron chi connectivity index (χ2n) is 2.37. The Balaban J connectivity index is 3.02. The minimum Gasteiger partial charge on any atom is -0.508 e. The quantitative estimate of drug-likeness (QED) is 0.571. The molecule has 0 atom stereocenters. The summed E-state index contributed by atoms with van der Waals surface area (Å²) in [6, 6.07) is 5.22. The Hall–Kier alpha value is -1.06. The first kappa shape index (κ1) is 8.04. The number of hydrogen-bond acceptors (Lipinski definition) is 3. The lowest BCUT2D eigenvalue weighted by Gasteiger charge is -2.02. The summed E-state index contributed by atoms with van der Waals surface area (Å²) in [7, 11) is 0. The molecule has 11 heavy (non-hydrogen) atoms. The van der Waals surface area contributed by atoms with Crippen molar-refractivity contribution in [2.45, 2.75) is 13.1 Å². The van der Waals surface area contributed by atoms with Gasteiger partial charge >= 0.3 is 0 Å². The SMILES string of the molecule is NCc1ccc(O)c(CN)c1. The van der Waals surface area contributed by atoms with Crippen LogP contribution in [-0.4, -0.2) is 5.11 Å². The maximum absolute atomic E-state index is 9.21. The van der Waals surface area contributed by atoms with Crippen molar-refractivity contribution in [3.8, 4) is 5.75 Å². The van der Waals surface area contributed by atoms with Crippen molar-refractivity contribution in [2.75, 3.05) is 0 Å². The summed E-state index contributed by atoms with van der Waals surface area (Å²) in [5.41, 5.74) is 12.5. The normalized spacial score (nSPS) is 10.0. The maximum Gasteiger partial charge on any atom is 0.120 e. The van der Waals surface area contributed by atoms with Gasteiger partial charge in [0.05, 0.1) is 0 Å². The van der Waals surface area contributed by atoms with E-state index in [1.54, 1.807) is 12.1 Å². The highest BCUT2D eigenvalue weighted by molar-refractivity contribution is 5.35. The minimum atomic E-state index is 0.240. The summed E-state index contributed by atoms with van der Waals surface area (Å²) in [4.78, 5) is 0. The molecule has 0 saturated carbocycles. The lowest BCUT2D eigenvalue weighted by Crippen LogP contribution is -2.00. The molecule has 0 radical (unpaired) electrons. The number of aromatic hydroxyl groups is 1. The highest BCUT2D eigenvalue weighted by atomic mass is 16.3. The van der Waals surface area contributed by atoms with E-state index in [1.807, 2.05) is 6.07 Å². The van der Waals surface area contributed by atoms with Crippen LogP contribution in [-0.2, 0) is 13.1 Å². The monoisotopic (exact) mass is 152 g/mol. The van der Waals surface area contributed by atoms with Gasteiger partial charge in [-0.05, 0) is 17.7 Å². The van der Waals surface area contributed by atoms with Crippen LogP contribution in [0.2, 0.25) is 0 Å². The van der Waals surface area contributed by atoms with E-state index < -0.39 is 0 Å². The molecule has 0 spiro atoms. The molecule has 1 aromatic carbocycles. The van der Waals surface area contributed by atoms with Crippen LogP contribution in [0.15, 0.2) is 18.2 Å². The largest absolute Gasteiger partial charge is 0.508 e. The zero-order valence-electron chi connectivity index (χ0n) is 6.25. The summed E-state index contributed by atoms with van der Waals surface area (Å²) >= 11 is 0. The summed E-state index contributed by atoms with van der Waals surface area (Å²) in [5.74, 6) is 0.240. The molecule has 0 fully saturated rings. The Morgan fingerprint density at radius 1 is 1.18 bits per heavy atom. The fraction of sp³-hybridized carbons (Fsp3) is 0.250. The Bertz CT molecular complexity index is 248. The van der Waals surface area contributed by atoms with Gasteiger partial charge in [0, 0.05) is 18.7 Å². The first-order valence-corrected chi connectivity index (χ1v) is 3.49. The van der Waals surface area contributed by atoms with Crippen LogP contribution in [0.25, 0.3) is 0 Å². The fourth-order valence-electron chi connectivity index (χ4n) is 0.929. The molecule has 60 valence electrons. The molecule has 0 aliphatic carbocycles. The van der Waals surface area contributed by atoms with Gasteiger partial charge in [-0.15, -0.1) is 0 Å². The van der Waals surface area contributed by atoms with Gasteiger partial charge < -0.3 is 16.6 Å². The van der Waals surface area contributed by atoms with Crippen molar-refractivity contribution in [2.24, 2.45) is 11.5 Å². The van der Waals surface area contributed by atoms with Gasteiger partial charge in [0.1, 0.15) is 5.75 Å². The van der Waals surface area contributed by atoms with Crippen LogP contribution >= 0.6 is 0 Å². The molecule has 0 bridgehead atoms. The van der Waals surface area contributed by atoms with E-state index in [2.05, 4.69) is 0 Å². The van der Waals surface area contributed by atoms with Gasteiger partial charge in [-0.2, -0.15) is 0 Å². The molecule has 0 aliphatic heterocycles. The van der Waals surface area contributed by atoms with Crippen molar-refractivity contribution < 1.29 is 5.11 Å². The van der Waals surface area contributed by atoms with Crippen molar-refractivity contribution in [1.82, 2.24) is 0 Å². The van der Waals surface area contributed by atoms with Crippen LogP contribution in [0, 0.1) is 0 Å². The Kier molecular flexibility index (Phi) is 2.46. The standard InChI is InChI=1S/C8H12N2O/c9-4-6-1-2-8(11)7(3-6)5-10/h1-3,11H,4-5,9-10H2. The topological polar surface area (TPSA) is 72.3 Å². The molecule has 5 N–H and O–H groups in total. The molecule has 0 aliphatic rings. The summed E-state index contributed by atoms with van der Waals surface area (Å²) < 4.78 is 0. The number of nitrogens with two attached hydrogens (primary N) is 2. The molecule has 0 saturated heterocycles. The fourth-order valence-corrected chi connectivity index (χ4v) is 0.929. The zero-order valence-corrected chi connectivity index (χ0v) is 6.25.